The van der Waals surface area contributed by atoms with E-state index < -0.39 is 0 Å². The van der Waals surface area contributed by atoms with E-state index in [-0.39, 0.29) is 0 Å². The first kappa shape index (κ1) is 7.94. The average Bonchev–Trinajstić information content (AvgIpc) is 2.39. The molecule has 0 radical (unpaired) electrons. The molecule has 0 bridgehead atoms. The number of hydrogen-bond donors (Lipinski definition) is 0. The molecule has 0 spiro atoms. The Hall–Kier alpha value is -1.42. The van der Waals surface area contributed by atoms with Crippen molar-refractivity contribution in [1.82, 2.24) is 4.58 Å². The highest BCUT2D eigenvalue weighted by Crippen LogP contribution is 2.37. The number of benzene rings is 1. The fourth-order valence-electron chi connectivity index (χ4n) is 1.59. The van der Waals surface area contributed by atoms with E-state index in [1.807, 2.05) is 18.2 Å². The second-order valence-electron chi connectivity index (χ2n) is 3.02. The Morgan fingerprint density at radius 3 is 3.14 bits per heavy atom. The van der Waals surface area contributed by atoms with Crippen LogP contribution in [-0.4, -0.2) is 23.6 Å². The van der Waals surface area contributed by atoms with Gasteiger partial charge >= 0.3 is 0 Å². The maximum atomic E-state index is 5.85. The summed E-state index contributed by atoms with van der Waals surface area (Å²) in [4.78, 5) is 9.55. The first-order valence-corrected chi connectivity index (χ1v) is 4.64. The van der Waals surface area contributed by atoms with Crippen molar-refractivity contribution in [1.29, 1.82) is 0 Å². The van der Waals surface area contributed by atoms with E-state index in [4.69, 9.17) is 21.4 Å². The van der Waals surface area contributed by atoms with Crippen LogP contribution in [0.5, 0.6) is 11.5 Å². The maximum absolute atomic E-state index is 5.85. The lowest BCUT2D eigenvalue weighted by atomic mass is 10.2. The maximum Gasteiger partial charge on any atom is 0.193 e. The molecule has 3 rings (SSSR count). The first-order chi connectivity index (χ1) is 6.86. The Balaban J connectivity index is 2.26. The predicted octanol–water partition coefficient (Wildman–Crippen LogP) is 1.59. The number of hydrogen-bond acceptors (Lipinski definition) is 4. The number of halogens is 1. The summed E-state index contributed by atoms with van der Waals surface area (Å²) >= 11 is 5.85. The molecule has 1 aromatic carbocycles. The Kier molecular flexibility index (Phi) is 1.58. The lowest BCUT2D eigenvalue weighted by molar-refractivity contribution is 0.133. The van der Waals surface area contributed by atoms with Crippen molar-refractivity contribution >= 4 is 17.6 Å². The normalized spacial score (nSPS) is 17.8. The van der Waals surface area contributed by atoms with Crippen molar-refractivity contribution in [2.24, 2.45) is 4.99 Å². The molecular formula is C9H7ClN2O2. The standard InChI is InChI=1S/C9H7ClN2O2/c10-12-9-8-6(13-5-4-11-9)2-1-3-7(8)14-12/h1-3H,4-5H2. The summed E-state index contributed by atoms with van der Waals surface area (Å²) < 4.78 is 6.66. The van der Waals surface area contributed by atoms with E-state index in [9.17, 15) is 0 Å². The summed E-state index contributed by atoms with van der Waals surface area (Å²) in [6, 6.07) is 5.59. The molecule has 0 aromatic heterocycles. The van der Waals surface area contributed by atoms with Crippen LogP contribution in [0.3, 0.4) is 0 Å². The molecule has 72 valence electrons. The molecule has 0 atom stereocenters. The zero-order valence-corrected chi connectivity index (χ0v) is 7.99. The van der Waals surface area contributed by atoms with E-state index in [1.54, 1.807) is 0 Å². The van der Waals surface area contributed by atoms with Crippen molar-refractivity contribution in [3.63, 3.8) is 0 Å². The SMILES string of the molecule is ClN1Oc2cccc3c2C1=NCCO3. The van der Waals surface area contributed by atoms with E-state index in [2.05, 4.69) is 4.99 Å². The van der Waals surface area contributed by atoms with Crippen LogP contribution in [0.2, 0.25) is 0 Å². The lowest BCUT2D eigenvalue weighted by Gasteiger charge is -2.05. The number of nitrogens with zero attached hydrogens (tertiary/aromatic N) is 2. The zero-order valence-electron chi connectivity index (χ0n) is 7.24. The molecule has 0 amide bonds. The molecule has 0 saturated carbocycles. The molecule has 0 fully saturated rings. The Morgan fingerprint density at radius 2 is 2.21 bits per heavy atom. The number of ether oxygens (including phenoxy) is 1. The molecule has 4 nitrogen and oxygen atoms in total. The van der Waals surface area contributed by atoms with Gasteiger partial charge in [0.25, 0.3) is 0 Å². The minimum atomic E-state index is 0.574. The van der Waals surface area contributed by atoms with Crippen LogP contribution in [0, 0.1) is 0 Å². The molecule has 2 aliphatic rings. The summed E-state index contributed by atoms with van der Waals surface area (Å²) in [6.45, 7) is 1.17. The van der Waals surface area contributed by atoms with Crippen molar-refractivity contribution < 1.29 is 9.57 Å². The molecule has 0 N–H and O–H groups in total. The van der Waals surface area contributed by atoms with Gasteiger partial charge in [-0.3, -0.25) is 4.99 Å². The van der Waals surface area contributed by atoms with Gasteiger partial charge in [-0.2, -0.15) is 0 Å². The summed E-state index contributed by atoms with van der Waals surface area (Å²) in [6.07, 6.45) is 0. The lowest BCUT2D eigenvalue weighted by Crippen LogP contribution is -2.17. The van der Waals surface area contributed by atoms with Gasteiger partial charge in [-0.25, -0.2) is 0 Å². The van der Waals surface area contributed by atoms with Gasteiger partial charge in [0.1, 0.15) is 17.9 Å². The van der Waals surface area contributed by atoms with Gasteiger partial charge in [-0.15, -0.1) is 0 Å². The third kappa shape index (κ3) is 0.974. The Morgan fingerprint density at radius 1 is 1.36 bits per heavy atom. The third-order valence-corrected chi connectivity index (χ3v) is 2.40. The third-order valence-electron chi connectivity index (χ3n) is 2.17. The Bertz CT molecular complexity index is 419. The van der Waals surface area contributed by atoms with Crippen LogP contribution in [0.25, 0.3) is 0 Å². The molecular weight excluding hydrogens is 204 g/mol. The van der Waals surface area contributed by atoms with Crippen LogP contribution in [-0.2, 0) is 0 Å². The van der Waals surface area contributed by atoms with E-state index in [1.165, 1.54) is 0 Å². The number of rotatable bonds is 0. The van der Waals surface area contributed by atoms with E-state index >= 15 is 0 Å². The van der Waals surface area contributed by atoms with E-state index in [0.717, 1.165) is 15.9 Å². The largest absolute Gasteiger partial charge is 0.491 e. The van der Waals surface area contributed by atoms with Gasteiger partial charge in [-0.1, -0.05) is 10.6 Å². The smallest absolute Gasteiger partial charge is 0.193 e. The highest BCUT2D eigenvalue weighted by molar-refractivity contribution is 6.26. The minimum absolute atomic E-state index is 0.574. The molecule has 0 saturated heterocycles. The predicted molar refractivity (Wildman–Crippen MR) is 51.7 cm³/mol. The summed E-state index contributed by atoms with van der Waals surface area (Å²) in [7, 11) is 0. The number of amidine groups is 1. The Labute approximate surface area is 85.8 Å². The molecule has 0 aliphatic carbocycles. The summed E-state index contributed by atoms with van der Waals surface area (Å²) in [5, 5.41) is 0. The van der Waals surface area contributed by atoms with Crippen LogP contribution in [0.1, 0.15) is 5.56 Å². The topological polar surface area (TPSA) is 34.1 Å². The van der Waals surface area contributed by atoms with E-state index in [0.29, 0.717) is 24.7 Å². The summed E-state index contributed by atoms with van der Waals surface area (Å²) in [5.41, 5.74) is 0.847. The van der Waals surface area contributed by atoms with Crippen molar-refractivity contribution in [2.75, 3.05) is 13.2 Å². The fourth-order valence-corrected chi connectivity index (χ4v) is 1.80. The minimum Gasteiger partial charge on any atom is -0.491 e. The first-order valence-electron chi connectivity index (χ1n) is 4.31. The van der Waals surface area contributed by atoms with Crippen LogP contribution < -0.4 is 9.57 Å². The number of hydroxylamine groups is 1. The second kappa shape index (κ2) is 2.78. The van der Waals surface area contributed by atoms with Gasteiger partial charge in [0.05, 0.1) is 18.3 Å². The van der Waals surface area contributed by atoms with Gasteiger partial charge in [0.2, 0.25) is 0 Å². The van der Waals surface area contributed by atoms with Crippen LogP contribution in [0.15, 0.2) is 23.2 Å². The quantitative estimate of drug-likeness (QED) is 0.610. The van der Waals surface area contributed by atoms with Crippen molar-refractivity contribution in [3.8, 4) is 11.5 Å². The fraction of sp³-hybridized carbons (Fsp3) is 0.222. The van der Waals surface area contributed by atoms with Crippen molar-refractivity contribution in [2.45, 2.75) is 0 Å². The molecule has 0 unspecified atom stereocenters. The molecule has 14 heavy (non-hydrogen) atoms. The molecule has 1 aromatic rings. The summed E-state index contributed by atoms with van der Waals surface area (Å²) in [5.74, 6) is 2.11. The number of aliphatic imine (C=N–C) groups is 1. The zero-order chi connectivity index (χ0) is 9.54. The average molecular weight is 211 g/mol. The van der Waals surface area contributed by atoms with Crippen molar-refractivity contribution in [3.05, 3.63) is 23.8 Å². The van der Waals surface area contributed by atoms with Gasteiger partial charge in [0, 0.05) is 0 Å². The van der Waals surface area contributed by atoms with Gasteiger partial charge in [0.15, 0.2) is 11.6 Å². The van der Waals surface area contributed by atoms with Crippen LogP contribution >= 0.6 is 11.8 Å². The van der Waals surface area contributed by atoms with Gasteiger partial charge < -0.3 is 9.57 Å². The van der Waals surface area contributed by atoms with Gasteiger partial charge in [-0.05, 0) is 12.1 Å². The molecule has 2 aliphatic heterocycles. The molecule has 2 heterocycles. The molecule has 5 heteroatoms. The highest BCUT2D eigenvalue weighted by atomic mass is 35.5. The monoisotopic (exact) mass is 210 g/mol. The highest BCUT2D eigenvalue weighted by Gasteiger charge is 2.31. The second-order valence-corrected chi connectivity index (χ2v) is 3.33. The van der Waals surface area contributed by atoms with Crippen LogP contribution in [0.4, 0.5) is 0 Å².